The summed E-state index contributed by atoms with van der Waals surface area (Å²) in [5, 5.41) is 0.501. The van der Waals surface area contributed by atoms with Crippen molar-refractivity contribution in [1.29, 1.82) is 0 Å². The Morgan fingerprint density at radius 2 is 2.21 bits per heavy atom. The molecule has 1 aromatic carbocycles. The Morgan fingerprint density at radius 3 is 2.92 bits per heavy atom. The fraction of sp³-hybridized carbons (Fsp3) is 0.500. The van der Waals surface area contributed by atoms with E-state index in [1.54, 1.807) is 7.11 Å². The van der Waals surface area contributed by atoms with Crippen LogP contribution in [-0.4, -0.2) is 49.4 Å². The van der Waals surface area contributed by atoms with Crippen molar-refractivity contribution >= 4 is 38.4 Å². The molecule has 2 aliphatic rings. The number of fused-ring (bicyclic) bond motifs is 1. The number of thioether (sulfide) groups is 1. The smallest absolute Gasteiger partial charge is 0.248 e. The first-order valence-electron chi connectivity index (χ1n) is 7.85. The molecule has 2 aliphatic heterocycles. The molecule has 0 spiro atoms. The molecule has 0 bridgehead atoms. The topological polar surface area (TPSA) is 76.0 Å². The molecule has 2 saturated heterocycles. The van der Waals surface area contributed by atoms with E-state index in [2.05, 4.69) is 4.99 Å². The molecule has 3 rings (SSSR count). The second kappa shape index (κ2) is 6.76. The van der Waals surface area contributed by atoms with Gasteiger partial charge in [-0.25, -0.2) is 8.42 Å². The normalized spacial score (nSPS) is 26.6. The Balaban J connectivity index is 1.99. The van der Waals surface area contributed by atoms with E-state index < -0.39 is 9.84 Å². The molecular formula is C16H20N2O4S2. The molecule has 0 aliphatic carbocycles. The number of amides is 1. The molecule has 1 amide bonds. The fourth-order valence-corrected chi connectivity index (χ4v) is 6.93. The third kappa shape index (κ3) is 3.44. The van der Waals surface area contributed by atoms with E-state index in [9.17, 15) is 13.2 Å². The minimum absolute atomic E-state index is 0.0862. The van der Waals surface area contributed by atoms with E-state index in [4.69, 9.17) is 4.74 Å². The lowest BCUT2D eigenvalue weighted by Crippen LogP contribution is -2.37. The van der Waals surface area contributed by atoms with E-state index in [1.807, 2.05) is 36.1 Å². The zero-order valence-electron chi connectivity index (χ0n) is 13.6. The van der Waals surface area contributed by atoms with Gasteiger partial charge in [-0.2, -0.15) is 4.99 Å². The van der Waals surface area contributed by atoms with Crippen LogP contribution in [0.15, 0.2) is 29.3 Å². The summed E-state index contributed by atoms with van der Waals surface area (Å²) >= 11 is 1.39. The average Bonchev–Trinajstić information content (AvgIpc) is 2.98. The Morgan fingerprint density at radius 1 is 1.42 bits per heavy atom. The van der Waals surface area contributed by atoms with Crippen LogP contribution in [0.2, 0.25) is 0 Å². The molecule has 2 atom stereocenters. The number of rotatable bonds is 4. The zero-order chi connectivity index (χ0) is 17.3. The van der Waals surface area contributed by atoms with E-state index >= 15 is 0 Å². The molecule has 0 aromatic heterocycles. The van der Waals surface area contributed by atoms with Crippen molar-refractivity contribution in [2.75, 3.05) is 23.5 Å². The minimum Gasteiger partial charge on any atom is -0.497 e. The van der Waals surface area contributed by atoms with E-state index in [0.29, 0.717) is 17.3 Å². The van der Waals surface area contributed by atoms with Crippen molar-refractivity contribution in [3.8, 4) is 5.75 Å². The second-order valence-corrected chi connectivity index (χ2v) is 9.27. The Hall–Kier alpha value is -1.54. The van der Waals surface area contributed by atoms with Gasteiger partial charge < -0.3 is 9.64 Å². The number of carbonyl (C=O) groups excluding carboxylic acids is 1. The monoisotopic (exact) mass is 368 g/mol. The Kier molecular flexibility index (Phi) is 4.87. The van der Waals surface area contributed by atoms with E-state index in [0.717, 1.165) is 12.1 Å². The summed E-state index contributed by atoms with van der Waals surface area (Å²) in [5.41, 5.74) is 0.800. The molecule has 130 valence electrons. The number of sulfone groups is 1. The lowest BCUT2D eigenvalue weighted by molar-refractivity contribution is -0.117. The van der Waals surface area contributed by atoms with Crippen LogP contribution in [0.4, 0.5) is 5.69 Å². The van der Waals surface area contributed by atoms with Crippen molar-refractivity contribution < 1.29 is 17.9 Å². The summed E-state index contributed by atoms with van der Waals surface area (Å²) in [6.45, 7) is 1.93. The molecule has 2 heterocycles. The summed E-state index contributed by atoms with van der Waals surface area (Å²) in [6, 6.07) is 7.21. The highest BCUT2D eigenvalue weighted by Crippen LogP contribution is 2.41. The third-order valence-corrected chi connectivity index (χ3v) is 7.29. The highest BCUT2D eigenvalue weighted by molar-refractivity contribution is 8.16. The molecule has 6 nitrogen and oxygen atoms in total. The van der Waals surface area contributed by atoms with Crippen LogP contribution in [0.25, 0.3) is 0 Å². The van der Waals surface area contributed by atoms with Gasteiger partial charge in [-0.05, 0) is 18.6 Å². The molecule has 0 N–H and O–H groups in total. The standard InChI is InChI=1S/C16H20N2O4S2/c1-3-5-15(19)17-16-18(11-6-4-7-12(8-11)22-2)13-9-24(20,21)10-14(13)23-16/h4,6-8,13-14H,3,5,9-10H2,1-2H3. The van der Waals surface area contributed by atoms with Crippen LogP contribution in [-0.2, 0) is 14.6 Å². The maximum atomic E-state index is 12.0. The molecule has 0 saturated carbocycles. The van der Waals surface area contributed by atoms with Gasteiger partial charge in [0.1, 0.15) is 5.75 Å². The lowest BCUT2D eigenvalue weighted by Gasteiger charge is -2.24. The second-order valence-electron chi connectivity index (χ2n) is 5.91. The van der Waals surface area contributed by atoms with Gasteiger partial charge in [0.25, 0.3) is 0 Å². The summed E-state index contributed by atoms with van der Waals surface area (Å²) in [5.74, 6) is 0.726. The van der Waals surface area contributed by atoms with Crippen LogP contribution in [0.5, 0.6) is 5.75 Å². The molecule has 0 radical (unpaired) electrons. The highest BCUT2D eigenvalue weighted by atomic mass is 32.2. The van der Waals surface area contributed by atoms with Crippen molar-refractivity contribution in [1.82, 2.24) is 0 Å². The quantitative estimate of drug-likeness (QED) is 0.810. The number of anilines is 1. The van der Waals surface area contributed by atoms with Gasteiger partial charge in [0, 0.05) is 23.4 Å². The Bertz CT molecular complexity index is 776. The number of amidine groups is 1. The molecule has 1 aromatic rings. The predicted octanol–water partition coefficient (Wildman–Crippen LogP) is 2.10. The maximum absolute atomic E-state index is 12.0. The SMILES string of the molecule is CCCC(=O)N=C1SC2CS(=O)(=O)CC2N1c1cccc(OC)c1. The summed E-state index contributed by atoms with van der Waals surface area (Å²) < 4.78 is 29.3. The highest BCUT2D eigenvalue weighted by Gasteiger charge is 2.49. The van der Waals surface area contributed by atoms with Crippen molar-refractivity contribution in [2.45, 2.75) is 31.1 Å². The van der Waals surface area contributed by atoms with Gasteiger partial charge in [0.2, 0.25) is 5.91 Å². The lowest BCUT2D eigenvalue weighted by atomic mass is 10.2. The largest absolute Gasteiger partial charge is 0.497 e. The fourth-order valence-electron chi connectivity index (χ4n) is 3.00. The van der Waals surface area contributed by atoms with Crippen molar-refractivity contribution in [3.05, 3.63) is 24.3 Å². The third-order valence-electron chi connectivity index (χ3n) is 4.08. The number of hydrogen-bond acceptors (Lipinski definition) is 5. The summed E-state index contributed by atoms with van der Waals surface area (Å²) in [4.78, 5) is 18.1. The van der Waals surface area contributed by atoms with Crippen LogP contribution in [0.3, 0.4) is 0 Å². The van der Waals surface area contributed by atoms with Gasteiger partial charge in [-0.3, -0.25) is 4.79 Å². The molecule has 24 heavy (non-hydrogen) atoms. The molecule has 8 heteroatoms. The first-order chi connectivity index (χ1) is 11.4. The van der Waals surface area contributed by atoms with Crippen molar-refractivity contribution in [3.63, 3.8) is 0 Å². The van der Waals surface area contributed by atoms with Gasteiger partial charge in [0.15, 0.2) is 15.0 Å². The number of hydrogen-bond donors (Lipinski definition) is 0. The van der Waals surface area contributed by atoms with Gasteiger partial charge >= 0.3 is 0 Å². The summed E-state index contributed by atoms with van der Waals surface area (Å²) in [7, 11) is -1.47. The van der Waals surface area contributed by atoms with E-state index in [-0.39, 0.29) is 28.7 Å². The van der Waals surface area contributed by atoms with Gasteiger partial charge in [0.05, 0.1) is 24.7 Å². The van der Waals surface area contributed by atoms with Gasteiger partial charge in [-0.15, -0.1) is 0 Å². The first-order valence-corrected chi connectivity index (χ1v) is 10.6. The minimum atomic E-state index is -3.06. The van der Waals surface area contributed by atoms with Crippen LogP contribution in [0, 0.1) is 0 Å². The zero-order valence-corrected chi connectivity index (χ0v) is 15.3. The molecule has 2 fully saturated rings. The van der Waals surface area contributed by atoms with Gasteiger partial charge in [-0.1, -0.05) is 24.8 Å². The molecular weight excluding hydrogens is 348 g/mol. The Labute approximate surface area is 146 Å². The molecule has 2 unspecified atom stereocenters. The number of carbonyl (C=O) groups is 1. The van der Waals surface area contributed by atoms with Crippen LogP contribution >= 0.6 is 11.8 Å². The number of methoxy groups -OCH3 is 1. The number of ether oxygens (including phenoxy) is 1. The number of benzene rings is 1. The van der Waals surface area contributed by atoms with Crippen LogP contribution < -0.4 is 9.64 Å². The van der Waals surface area contributed by atoms with Crippen molar-refractivity contribution in [2.24, 2.45) is 4.99 Å². The predicted molar refractivity (Wildman–Crippen MR) is 96.6 cm³/mol. The van der Waals surface area contributed by atoms with E-state index in [1.165, 1.54) is 11.8 Å². The van der Waals surface area contributed by atoms with Crippen LogP contribution in [0.1, 0.15) is 19.8 Å². The maximum Gasteiger partial charge on any atom is 0.248 e. The first kappa shape index (κ1) is 17.3. The summed E-state index contributed by atoms with van der Waals surface area (Å²) in [6.07, 6.45) is 1.13. The number of aliphatic imine (C=N–C) groups is 1. The average molecular weight is 368 g/mol. The number of nitrogens with zero attached hydrogens (tertiary/aromatic N) is 2.